The molecule has 0 aliphatic heterocycles. The Bertz CT molecular complexity index is 315. The van der Waals surface area contributed by atoms with Crippen LogP contribution in [0.15, 0.2) is 18.3 Å². The van der Waals surface area contributed by atoms with Crippen molar-refractivity contribution in [2.45, 2.75) is 32.5 Å². The van der Waals surface area contributed by atoms with E-state index in [0.717, 1.165) is 30.8 Å². The van der Waals surface area contributed by atoms with E-state index in [0.29, 0.717) is 6.54 Å². The summed E-state index contributed by atoms with van der Waals surface area (Å²) in [6, 6.07) is 3.98. The van der Waals surface area contributed by atoms with Gasteiger partial charge in [0.25, 0.3) is 0 Å². The van der Waals surface area contributed by atoms with Gasteiger partial charge >= 0.3 is 0 Å². The largest absolute Gasteiger partial charge is 0.393 e. The van der Waals surface area contributed by atoms with Gasteiger partial charge in [0, 0.05) is 25.8 Å². The minimum atomic E-state index is -0.245. The first kappa shape index (κ1) is 13.1. The highest BCUT2D eigenvalue weighted by Crippen LogP contribution is 2.08. The van der Waals surface area contributed by atoms with Crippen molar-refractivity contribution in [2.75, 3.05) is 13.6 Å². The third kappa shape index (κ3) is 4.26. The molecule has 0 spiro atoms. The maximum absolute atomic E-state index is 9.21. The minimum Gasteiger partial charge on any atom is -0.393 e. The topological polar surface area (TPSA) is 62.4 Å². The van der Waals surface area contributed by atoms with E-state index in [2.05, 4.69) is 9.88 Å². The van der Waals surface area contributed by atoms with Gasteiger partial charge in [-0.05, 0) is 32.0 Å². The number of nitrogens with zero attached hydrogens (tertiary/aromatic N) is 2. The second-order valence-electron chi connectivity index (χ2n) is 4.19. The number of hydrogen-bond donors (Lipinski definition) is 2. The summed E-state index contributed by atoms with van der Waals surface area (Å²) in [4.78, 5) is 6.41. The molecule has 0 amide bonds. The number of aliphatic hydroxyl groups is 1. The molecule has 0 saturated heterocycles. The lowest BCUT2D eigenvalue weighted by Gasteiger charge is -2.18. The molecule has 3 N–H and O–H groups in total. The summed E-state index contributed by atoms with van der Waals surface area (Å²) < 4.78 is 0. The average Bonchev–Trinajstić information content (AvgIpc) is 2.27. The van der Waals surface area contributed by atoms with Crippen molar-refractivity contribution in [1.82, 2.24) is 9.88 Å². The minimum absolute atomic E-state index is 0.245. The van der Waals surface area contributed by atoms with Gasteiger partial charge < -0.3 is 15.7 Å². The van der Waals surface area contributed by atoms with Crippen molar-refractivity contribution in [1.29, 1.82) is 0 Å². The molecule has 4 heteroatoms. The Morgan fingerprint density at radius 3 is 2.94 bits per heavy atom. The van der Waals surface area contributed by atoms with E-state index in [4.69, 9.17) is 5.73 Å². The van der Waals surface area contributed by atoms with Gasteiger partial charge in [-0.25, -0.2) is 0 Å². The number of rotatable bonds is 6. The first-order valence-electron chi connectivity index (χ1n) is 5.63. The Morgan fingerprint density at radius 1 is 1.56 bits per heavy atom. The van der Waals surface area contributed by atoms with Crippen molar-refractivity contribution < 1.29 is 5.11 Å². The van der Waals surface area contributed by atoms with Crippen molar-refractivity contribution >= 4 is 0 Å². The summed E-state index contributed by atoms with van der Waals surface area (Å²) in [6.07, 6.45) is 2.31. The van der Waals surface area contributed by atoms with E-state index in [1.807, 2.05) is 26.1 Å². The van der Waals surface area contributed by atoms with Gasteiger partial charge in [-0.1, -0.05) is 6.07 Å². The quantitative estimate of drug-likeness (QED) is 0.747. The van der Waals surface area contributed by atoms with Crippen LogP contribution < -0.4 is 5.73 Å². The normalized spacial score (nSPS) is 13.1. The molecule has 1 unspecified atom stereocenters. The number of aromatic nitrogens is 1. The third-order valence-corrected chi connectivity index (χ3v) is 2.55. The van der Waals surface area contributed by atoms with E-state index in [1.54, 1.807) is 6.20 Å². The smallest absolute Gasteiger partial charge is 0.0584 e. The van der Waals surface area contributed by atoms with Crippen molar-refractivity contribution in [2.24, 2.45) is 5.73 Å². The number of hydrogen-bond acceptors (Lipinski definition) is 4. The number of aliphatic hydroxyl groups excluding tert-OH is 1. The molecular formula is C12H21N3O. The molecule has 0 aromatic carbocycles. The van der Waals surface area contributed by atoms with Crippen LogP contribution in [0.25, 0.3) is 0 Å². The lowest BCUT2D eigenvalue weighted by atomic mass is 10.1. The molecule has 1 aromatic heterocycles. The van der Waals surface area contributed by atoms with Crippen LogP contribution in [0.1, 0.15) is 24.6 Å². The standard InChI is InChI=1S/C12H21N3O/c1-10(16)5-7-15(2)9-11-4-3-6-14-12(11)8-13/h3-4,6,10,16H,5,7-9,13H2,1-2H3. The Morgan fingerprint density at radius 2 is 2.31 bits per heavy atom. The summed E-state index contributed by atoms with van der Waals surface area (Å²) in [6.45, 7) is 3.98. The predicted molar refractivity (Wildman–Crippen MR) is 64.8 cm³/mol. The maximum Gasteiger partial charge on any atom is 0.0584 e. The summed E-state index contributed by atoms with van der Waals surface area (Å²) in [5.74, 6) is 0. The van der Waals surface area contributed by atoms with Crippen LogP contribution in [-0.4, -0.2) is 34.7 Å². The Labute approximate surface area is 97.1 Å². The van der Waals surface area contributed by atoms with E-state index in [1.165, 1.54) is 0 Å². The van der Waals surface area contributed by atoms with Crippen LogP contribution in [0, 0.1) is 0 Å². The molecule has 0 bridgehead atoms. The molecule has 0 saturated carbocycles. The highest BCUT2D eigenvalue weighted by Gasteiger charge is 2.06. The summed E-state index contributed by atoms with van der Waals surface area (Å²) >= 11 is 0. The Kier molecular flexibility index (Phi) is 5.38. The molecule has 1 aromatic rings. The van der Waals surface area contributed by atoms with Crippen LogP contribution in [0.2, 0.25) is 0 Å². The van der Waals surface area contributed by atoms with E-state index < -0.39 is 0 Å². The van der Waals surface area contributed by atoms with Crippen LogP contribution in [0.4, 0.5) is 0 Å². The van der Waals surface area contributed by atoms with Crippen LogP contribution in [0.5, 0.6) is 0 Å². The highest BCUT2D eigenvalue weighted by atomic mass is 16.3. The van der Waals surface area contributed by atoms with Gasteiger partial charge in [0.05, 0.1) is 11.8 Å². The van der Waals surface area contributed by atoms with Crippen LogP contribution in [-0.2, 0) is 13.1 Å². The van der Waals surface area contributed by atoms with Crippen LogP contribution in [0.3, 0.4) is 0 Å². The lowest BCUT2D eigenvalue weighted by Crippen LogP contribution is -2.23. The van der Waals surface area contributed by atoms with Crippen molar-refractivity contribution in [3.8, 4) is 0 Å². The molecule has 0 aliphatic rings. The molecule has 16 heavy (non-hydrogen) atoms. The van der Waals surface area contributed by atoms with E-state index in [-0.39, 0.29) is 6.10 Å². The average molecular weight is 223 g/mol. The molecule has 0 radical (unpaired) electrons. The predicted octanol–water partition coefficient (Wildman–Crippen LogP) is 0.743. The molecule has 1 heterocycles. The molecule has 0 aliphatic carbocycles. The summed E-state index contributed by atoms with van der Waals surface area (Å²) in [5, 5.41) is 9.21. The van der Waals surface area contributed by atoms with E-state index >= 15 is 0 Å². The molecule has 1 rings (SSSR count). The third-order valence-electron chi connectivity index (χ3n) is 2.55. The van der Waals surface area contributed by atoms with Crippen molar-refractivity contribution in [3.63, 3.8) is 0 Å². The van der Waals surface area contributed by atoms with E-state index in [9.17, 15) is 5.11 Å². The zero-order valence-electron chi connectivity index (χ0n) is 10.1. The summed E-state index contributed by atoms with van der Waals surface area (Å²) in [5.41, 5.74) is 7.74. The molecule has 1 atom stereocenters. The number of pyridine rings is 1. The molecule has 90 valence electrons. The fraction of sp³-hybridized carbons (Fsp3) is 0.583. The van der Waals surface area contributed by atoms with Crippen LogP contribution >= 0.6 is 0 Å². The zero-order valence-corrected chi connectivity index (χ0v) is 10.1. The monoisotopic (exact) mass is 223 g/mol. The molecule has 4 nitrogen and oxygen atoms in total. The first-order chi connectivity index (χ1) is 7.63. The fourth-order valence-corrected chi connectivity index (χ4v) is 1.58. The lowest BCUT2D eigenvalue weighted by molar-refractivity contribution is 0.163. The Hall–Kier alpha value is -0.970. The summed E-state index contributed by atoms with van der Waals surface area (Å²) in [7, 11) is 2.04. The van der Waals surface area contributed by atoms with Crippen molar-refractivity contribution in [3.05, 3.63) is 29.6 Å². The SMILES string of the molecule is CC(O)CCN(C)Cc1cccnc1CN. The zero-order chi connectivity index (χ0) is 12.0. The van der Waals surface area contributed by atoms with Gasteiger partial charge in [-0.2, -0.15) is 0 Å². The molecule has 0 fully saturated rings. The second-order valence-corrected chi connectivity index (χ2v) is 4.19. The van der Waals surface area contributed by atoms with Gasteiger partial charge in [-0.3, -0.25) is 4.98 Å². The fourth-order valence-electron chi connectivity index (χ4n) is 1.58. The van der Waals surface area contributed by atoms with Gasteiger partial charge in [-0.15, -0.1) is 0 Å². The second kappa shape index (κ2) is 6.58. The molecular weight excluding hydrogens is 202 g/mol. The maximum atomic E-state index is 9.21. The number of nitrogens with two attached hydrogens (primary N) is 1. The van der Waals surface area contributed by atoms with Gasteiger partial charge in [0.1, 0.15) is 0 Å². The van der Waals surface area contributed by atoms with Gasteiger partial charge in [0.15, 0.2) is 0 Å². The first-order valence-corrected chi connectivity index (χ1v) is 5.63. The highest BCUT2D eigenvalue weighted by molar-refractivity contribution is 5.19. The van der Waals surface area contributed by atoms with Gasteiger partial charge in [0.2, 0.25) is 0 Å². The Balaban J connectivity index is 2.51.